The van der Waals surface area contributed by atoms with Gasteiger partial charge in [0.25, 0.3) is 0 Å². The lowest BCUT2D eigenvalue weighted by atomic mass is 9.45. The molecule has 4 fully saturated rings. The molecule has 3 unspecified atom stereocenters. The summed E-state index contributed by atoms with van der Waals surface area (Å²) in [5.41, 5.74) is 3.45. The molecule has 0 spiro atoms. The molecule has 4 bridgehead atoms. The number of rotatable bonds is 6. The monoisotopic (exact) mass is 432 g/mol. The number of hydrogen-bond donors (Lipinski definition) is 3. The smallest absolute Gasteiger partial charge is 0.326 e. The molecule has 0 saturated heterocycles. The van der Waals surface area contributed by atoms with E-state index in [1.165, 1.54) is 30.4 Å². The molecule has 4 saturated carbocycles. The van der Waals surface area contributed by atoms with Crippen molar-refractivity contribution in [3.05, 3.63) is 71.3 Å². The molecular weight excluding hydrogens is 400 g/mol. The number of hydrogen-bond acceptors (Lipinski definition) is 2. The molecule has 2 aromatic carbocycles. The number of benzene rings is 2. The molecule has 0 aliphatic heterocycles. The van der Waals surface area contributed by atoms with Gasteiger partial charge >= 0.3 is 12.0 Å². The molecule has 4 aliphatic carbocycles. The van der Waals surface area contributed by atoms with Crippen molar-refractivity contribution in [2.24, 2.45) is 11.8 Å². The first-order chi connectivity index (χ1) is 15.3. The Morgan fingerprint density at radius 2 is 1.66 bits per heavy atom. The van der Waals surface area contributed by atoms with E-state index in [2.05, 4.69) is 41.8 Å². The van der Waals surface area contributed by atoms with Crippen molar-refractivity contribution >= 4 is 12.0 Å². The molecule has 0 radical (unpaired) electrons. The summed E-state index contributed by atoms with van der Waals surface area (Å²) < 4.78 is 0. The lowest BCUT2D eigenvalue weighted by Gasteiger charge is -2.62. The van der Waals surface area contributed by atoms with E-state index >= 15 is 0 Å². The van der Waals surface area contributed by atoms with E-state index in [0.29, 0.717) is 11.8 Å². The highest BCUT2D eigenvalue weighted by atomic mass is 16.4. The summed E-state index contributed by atoms with van der Waals surface area (Å²) in [6.07, 6.45) is 6.87. The second kappa shape index (κ2) is 7.95. The number of aryl methyl sites for hydroxylation is 1. The van der Waals surface area contributed by atoms with Crippen molar-refractivity contribution in [2.75, 3.05) is 0 Å². The maximum absolute atomic E-state index is 13.0. The van der Waals surface area contributed by atoms with Crippen LogP contribution >= 0.6 is 0 Å². The van der Waals surface area contributed by atoms with Gasteiger partial charge in [0.1, 0.15) is 6.04 Å². The van der Waals surface area contributed by atoms with E-state index in [4.69, 9.17) is 0 Å². The molecule has 4 aliphatic rings. The Bertz CT molecular complexity index is 987. The quantitative estimate of drug-likeness (QED) is 0.625. The second-order valence-electron chi connectivity index (χ2n) is 10.6. The highest BCUT2D eigenvalue weighted by molar-refractivity contribution is 5.83. The maximum atomic E-state index is 13.0. The molecule has 2 aromatic rings. The third-order valence-corrected chi connectivity index (χ3v) is 7.99. The second-order valence-corrected chi connectivity index (χ2v) is 10.6. The van der Waals surface area contributed by atoms with Gasteiger partial charge < -0.3 is 15.7 Å². The molecule has 5 nitrogen and oxygen atoms in total. The van der Waals surface area contributed by atoms with Crippen molar-refractivity contribution in [1.29, 1.82) is 0 Å². The molecule has 5 heteroatoms. The molecule has 3 N–H and O–H groups in total. The average molecular weight is 433 g/mol. The Kier molecular flexibility index (Phi) is 5.23. The van der Waals surface area contributed by atoms with Gasteiger partial charge in [0.05, 0.1) is 0 Å². The van der Waals surface area contributed by atoms with Gasteiger partial charge in [-0.15, -0.1) is 0 Å². The van der Waals surface area contributed by atoms with Crippen LogP contribution in [0.25, 0.3) is 0 Å². The predicted molar refractivity (Wildman–Crippen MR) is 124 cm³/mol. The SMILES string of the molecule is Cc1ccc(C23CC4CC(CC(NC(=O)NC(Cc5ccccc5)C(=O)O)(C4)C2)C3)cc1. The minimum atomic E-state index is -1.01. The highest BCUT2D eigenvalue weighted by Crippen LogP contribution is 2.62. The topological polar surface area (TPSA) is 78.4 Å². The summed E-state index contributed by atoms with van der Waals surface area (Å²) in [6.45, 7) is 2.12. The first-order valence-electron chi connectivity index (χ1n) is 11.8. The van der Waals surface area contributed by atoms with Crippen LogP contribution in [-0.4, -0.2) is 28.7 Å². The van der Waals surface area contributed by atoms with E-state index < -0.39 is 12.0 Å². The molecular formula is C27H32N2O3. The normalized spacial score (nSPS) is 31.2. The van der Waals surface area contributed by atoms with Crippen LogP contribution in [0.1, 0.15) is 55.2 Å². The summed E-state index contributed by atoms with van der Waals surface area (Å²) in [5.74, 6) is 0.237. The van der Waals surface area contributed by atoms with Crippen LogP contribution in [0.5, 0.6) is 0 Å². The van der Waals surface area contributed by atoms with Gasteiger partial charge in [-0.2, -0.15) is 0 Å². The molecule has 2 amide bonds. The van der Waals surface area contributed by atoms with Gasteiger partial charge in [-0.25, -0.2) is 9.59 Å². The average Bonchev–Trinajstić information content (AvgIpc) is 2.73. The molecule has 3 atom stereocenters. The number of aliphatic carboxylic acids is 1. The zero-order chi connectivity index (χ0) is 22.3. The number of carbonyl (C=O) groups is 2. The van der Waals surface area contributed by atoms with Crippen LogP contribution < -0.4 is 10.6 Å². The number of carboxylic acid groups (broad SMARTS) is 1. The minimum Gasteiger partial charge on any atom is -0.480 e. The molecule has 168 valence electrons. The first-order valence-corrected chi connectivity index (χ1v) is 11.8. The zero-order valence-corrected chi connectivity index (χ0v) is 18.6. The van der Waals surface area contributed by atoms with E-state index in [-0.39, 0.29) is 23.4 Å². The Morgan fingerprint density at radius 1 is 1.00 bits per heavy atom. The highest BCUT2D eigenvalue weighted by Gasteiger charge is 2.58. The third kappa shape index (κ3) is 4.01. The fraction of sp³-hybridized carbons (Fsp3) is 0.481. The molecule has 0 heterocycles. The summed E-state index contributed by atoms with van der Waals surface area (Å²) in [7, 11) is 0. The third-order valence-electron chi connectivity index (χ3n) is 7.99. The fourth-order valence-electron chi connectivity index (χ4n) is 7.14. The minimum absolute atomic E-state index is 0.126. The molecule has 6 rings (SSSR count). The number of urea groups is 1. The summed E-state index contributed by atoms with van der Waals surface area (Å²) in [6, 6.07) is 17.1. The predicted octanol–water partition coefficient (Wildman–Crippen LogP) is 4.58. The Balaban J connectivity index is 1.32. The van der Waals surface area contributed by atoms with Crippen molar-refractivity contribution in [2.45, 2.75) is 68.9 Å². The number of nitrogens with one attached hydrogen (secondary N) is 2. The van der Waals surface area contributed by atoms with Crippen LogP contribution in [0.4, 0.5) is 4.79 Å². The van der Waals surface area contributed by atoms with Crippen molar-refractivity contribution < 1.29 is 14.7 Å². The van der Waals surface area contributed by atoms with E-state index in [1.54, 1.807) is 0 Å². The van der Waals surface area contributed by atoms with Gasteiger partial charge in [-0.05, 0) is 73.8 Å². The van der Waals surface area contributed by atoms with Gasteiger partial charge in [-0.1, -0.05) is 60.2 Å². The van der Waals surface area contributed by atoms with Crippen LogP contribution in [0, 0.1) is 18.8 Å². The van der Waals surface area contributed by atoms with Gasteiger partial charge in [-0.3, -0.25) is 0 Å². The molecule has 0 aromatic heterocycles. The van der Waals surface area contributed by atoms with Crippen molar-refractivity contribution in [3.63, 3.8) is 0 Å². The van der Waals surface area contributed by atoms with Crippen LogP contribution in [0.15, 0.2) is 54.6 Å². The lowest BCUT2D eigenvalue weighted by molar-refractivity contribution is -0.139. The largest absolute Gasteiger partial charge is 0.480 e. The first kappa shape index (κ1) is 21.0. The summed E-state index contributed by atoms with van der Waals surface area (Å²) in [5, 5.41) is 15.7. The van der Waals surface area contributed by atoms with Gasteiger partial charge in [0, 0.05) is 12.0 Å². The van der Waals surface area contributed by atoms with Crippen LogP contribution in [-0.2, 0) is 16.6 Å². The lowest BCUT2D eigenvalue weighted by Crippen LogP contribution is -2.66. The van der Waals surface area contributed by atoms with Gasteiger partial charge in [0.15, 0.2) is 0 Å². The van der Waals surface area contributed by atoms with Crippen LogP contribution in [0.2, 0.25) is 0 Å². The number of carboxylic acids is 1. The van der Waals surface area contributed by atoms with E-state index in [9.17, 15) is 14.7 Å². The van der Waals surface area contributed by atoms with Crippen LogP contribution in [0.3, 0.4) is 0 Å². The maximum Gasteiger partial charge on any atom is 0.326 e. The number of amides is 2. The zero-order valence-electron chi connectivity index (χ0n) is 18.6. The Morgan fingerprint density at radius 3 is 2.28 bits per heavy atom. The Hall–Kier alpha value is -2.82. The van der Waals surface area contributed by atoms with E-state index in [1.807, 2.05) is 30.3 Å². The number of carbonyl (C=O) groups excluding carboxylic acids is 1. The van der Waals surface area contributed by atoms with Crippen molar-refractivity contribution in [3.8, 4) is 0 Å². The fourth-order valence-corrected chi connectivity index (χ4v) is 7.14. The van der Waals surface area contributed by atoms with Gasteiger partial charge in [0.2, 0.25) is 0 Å². The summed E-state index contributed by atoms with van der Waals surface area (Å²) >= 11 is 0. The van der Waals surface area contributed by atoms with E-state index in [0.717, 1.165) is 24.8 Å². The molecule has 32 heavy (non-hydrogen) atoms. The summed E-state index contributed by atoms with van der Waals surface area (Å²) in [4.78, 5) is 24.9. The Labute approximate surface area is 189 Å². The standard InChI is InChI=1S/C27H32N2O3/c1-18-7-9-22(10-8-18)26-13-20-11-21(14-26)16-27(15-20,17-26)29-25(32)28-23(24(30)31)12-19-5-3-2-4-6-19/h2-10,20-21,23H,11-17H2,1H3,(H,30,31)(H2,28,29,32). The van der Waals surface area contributed by atoms with Crippen molar-refractivity contribution in [1.82, 2.24) is 10.6 Å².